The number of aryl methyl sites for hydroxylation is 1. The topological polar surface area (TPSA) is 23.5 Å². The summed E-state index contributed by atoms with van der Waals surface area (Å²) in [6.07, 6.45) is 6.07. The van der Waals surface area contributed by atoms with Crippen molar-refractivity contribution in [3.8, 4) is 0 Å². The summed E-state index contributed by atoms with van der Waals surface area (Å²) in [5.41, 5.74) is 1.13. The Hall–Kier alpha value is -0.280. The standard InChI is InChI=1S/C18H29Cl2NO/c1-4-5-6-7-15(13-21(2)3)18(22)11-9-14-8-10-16(19)17(20)12-14/h8,10,12,15,18,22H,4-7,9,11,13H2,1-3H3/t15-,18+/m1/s1. The molecule has 0 amide bonds. The van der Waals surface area contributed by atoms with Crippen LogP contribution >= 0.6 is 23.2 Å². The molecule has 2 nitrogen and oxygen atoms in total. The molecule has 0 aliphatic rings. The highest BCUT2D eigenvalue weighted by Crippen LogP contribution is 2.24. The van der Waals surface area contributed by atoms with Crippen LogP contribution < -0.4 is 0 Å². The van der Waals surface area contributed by atoms with Gasteiger partial charge in [-0.2, -0.15) is 0 Å². The van der Waals surface area contributed by atoms with E-state index in [1.165, 1.54) is 19.3 Å². The van der Waals surface area contributed by atoms with Crippen molar-refractivity contribution in [1.29, 1.82) is 0 Å². The van der Waals surface area contributed by atoms with E-state index in [2.05, 4.69) is 25.9 Å². The van der Waals surface area contributed by atoms with Crippen LogP contribution in [0.4, 0.5) is 0 Å². The minimum Gasteiger partial charge on any atom is -0.393 e. The first-order valence-corrected chi connectivity index (χ1v) is 8.96. The van der Waals surface area contributed by atoms with E-state index in [1.54, 1.807) is 0 Å². The van der Waals surface area contributed by atoms with E-state index in [0.717, 1.165) is 31.4 Å². The van der Waals surface area contributed by atoms with E-state index in [4.69, 9.17) is 23.2 Å². The van der Waals surface area contributed by atoms with Crippen molar-refractivity contribution in [1.82, 2.24) is 4.90 Å². The lowest BCUT2D eigenvalue weighted by atomic mass is 9.91. The number of hydrogen-bond acceptors (Lipinski definition) is 2. The van der Waals surface area contributed by atoms with Gasteiger partial charge in [-0.25, -0.2) is 0 Å². The molecule has 2 atom stereocenters. The molecule has 1 rings (SSSR count). The Labute approximate surface area is 145 Å². The number of benzene rings is 1. The summed E-state index contributed by atoms with van der Waals surface area (Å²) in [5, 5.41) is 11.7. The second kappa shape index (κ2) is 10.5. The van der Waals surface area contributed by atoms with Crippen molar-refractivity contribution in [2.45, 2.75) is 51.6 Å². The lowest BCUT2D eigenvalue weighted by Crippen LogP contribution is -2.31. The zero-order chi connectivity index (χ0) is 16.5. The first-order valence-electron chi connectivity index (χ1n) is 8.20. The van der Waals surface area contributed by atoms with Gasteiger partial charge in [0.25, 0.3) is 0 Å². The van der Waals surface area contributed by atoms with Crippen LogP contribution in [0.2, 0.25) is 10.0 Å². The van der Waals surface area contributed by atoms with Gasteiger partial charge >= 0.3 is 0 Å². The highest BCUT2D eigenvalue weighted by molar-refractivity contribution is 6.42. The number of unbranched alkanes of at least 4 members (excludes halogenated alkanes) is 2. The van der Waals surface area contributed by atoms with Gasteiger partial charge in [0.15, 0.2) is 0 Å². The van der Waals surface area contributed by atoms with E-state index in [-0.39, 0.29) is 6.10 Å². The van der Waals surface area contributed by atoms with Crippen molar-refractivity contribution >= 4 is 23.2 Å². The van der Waals surface area contributed by atoms with E-state index >= 15 is 0 Å². The fraction of sp³-hybridized carbons (Fsp3) is 0.667. The Bertz CT molecular complexity index is 437. The third-order valence-electron chi connectivity index (χ3n) is 4.04. The smallest absolute Gasteiger partial charge is 0.0595 e. The zero-order valence-corrected chi connectivity index (χ0v) is 15.5. The number of rotatable bonds is 10. The van der Waals surface area contributed by atoms with Gasteiger partial charge in [-0.15, -0.1) is 0 Å². The minimum absolute atomic E-state index is 0.270. The summed E-state index contributed by atoms with van der Waals surface area (Å²) in [6, 6.07) is 5.71. The average Bonchev–Trinajstić information content (AvgIpc) is 2.47. The van der Waals surface area contributed by atoms with Crippen molar-refractivity contribution < 1.29 is 5.11 Å². The molecule has 0 fully saturated rings. The van der Waals surface area contributed by atoms with E-state index < -0.39 is 0 Å². The van der Waals surface area contributed by atoms with Gasteiger partial charge in [0.05, 0.1) is 16.1 Å². The summed E-state index contributed by atoms with van der Waals surface area (Å²) in [6.45, 7) is 3.15. The quantitative estimate of drug-likeness (QED) is 0.600. The molecule has 0 unspecified atom stereocenters. The van der Waals surface area contributed by atoms with Crippen LogP contribution in [0, 0.1) is 5.92 Å². The molecule has 1 aromatic rings. The maximum Gasteiger partial charge on any atom is 0.0595 e. The fourth-order valence-corrected chi connectivity index (χ4v) is 3.10. The summed E-state index contributed by atoms with van der Waals surface area (Å²) < 4.78 is 0. The van der Waals surface area contributed by atoms with Gasteiger partial charge in [0, 0.05) is 6.54 Å². The SMILES string of the molecule is CCCCC[C@H](CN(C)C)[C@@H](O)CCc1ccc(Cl)c(Cl)c1. The lowest BCUT2D eigenvalue weighted by molar-refractivity contribution is 0.0765. The maximum atomic E-state index is 10.6. The summed E-state index contributed by atoms with van der Waals surface area (Å²) >= 11 is 12.0. The van der Waals surface area contributed by atoms with Gasteiger partial charge in [0.1, 0.15) is 0 Å². The largest absolute Gasteiger partial charge is 0.393 e. The van der Waals surface area contributed by atoms with Gasteiger partial charge in [-0.1, -0.05) is 55.5 Å². The third-order valence-corrected chi connectivity index (χ3v) is 4.77. The zero-order valence-electron chi connectivity index (χ0n) is 14.0. The van der Waals surface area contributed by atoms with Crippen molar-refractivity contribution in [2.75, 3.05) is 20.6 Å². The molecule has 0 aromatic heterocycles. The third kappa shape index (κ3) is 7.32. The summed E-state index contributed by atoms with van der Waals surface area (Å²) in [5.74, 6) is 0.337. The number of aliphatic hydroxyl groups excluding tert-OH is 1. The van der Waals surface area contributed by atoms with Crippen LogP contribution in [0.3, 0.4) is 0 Å². The van der Waals surface area contributed by atoms with Gasteiger partial charge < -0.3 is 10.0 Å². The highest BCUT2D eigenvalue weighted by Gasteiger charge is 2.19. The van der Waals surface area contributed by atoms with Crippen molar-refractivity contribution in [2.24, 2.45) is 5.92 Å². The van der Waals surface area contributed by atoms with Gasteiger partial charge in [0.2, 0.25) is 0 Å². The van der Waals surface area contributed by atoms with E-state index in [0.29, 0.717) is 16.0 Å². The van der Waals surface area contributed by atoms with Crippen LogP contribution in [0.25, 0.3) is 0 Å². The predicted molar refractivity (Wildman–Crippen MR) is 97.0 cm³/mol. The lowest BCUT2D eigenvalue weighted by Gasteiger charge is -2.26. The van der Waals surface area contributed by atoms with Gasteiger partial charge in [-0.05, 0) is 57.0 Å². The number of aliphatic hydroxyl groups is 1. The number of hydrogen-bond donors (Lipinski definition) is 1. The molecule has 0 saturated heterocycles. The number of halogens is 2. The van der Waals surface area contributed by atoms with Crippen LogP contribution in [-0.4, -0.2) is 36.8 Å². The molecule has 4 heteroatoms. The van der Waals surface area contributed by atoms with Crippen molar-refractivity contribution in [3.05, 3.63) is 33.8 Å². The molecule has 0 heterocycles. The normalized spacial score (nSPS) is 14.3. The Morgan fingerprint density at radius 3 is 2.41 bits per heavy atom. The van der Waals surface area contributed by atoms with Crippen LogP contribution in [0.5, 0.6) is 0 Å². The molecular weight excluding hydrogens is 317 g/mol. The Balaban J connectivity index is 2.53. The molecule has 1 N–H and O–H groups in total. The second-order valence-electron chi connectivity index (χ2n) is 6.37. The average molecular weight is 346 g/mol. The van der Waals surface area contributed by atoms with E-state index in [1.807, 2.05) is 18.2 Å². The molecule has 126 valence electrons. The minimum atomic E-state index is -0.270. The molecule has 0 saturated carbocycles. The molecular formula is C18H29Cl2NO. The van der Waals surface area contributed by atoms with Crippen LogP contribution in [0.15, 0.2) is 18.2 Å². The van der Waals surface area contributed by atoms with Crippen LogP contribution in [-0.2, 0) is 6.42 Å². The highest BCUT2D eigenvalue weighted by atomic mass is 35.5. The predicted octanol–water partition coefficient (Wildman–Crippen LogP) is 5.05. The maximum absolute atomic E-state index is 10.6. The molecule has 0 aliphatic heterocycles. The number of nitrogens with zero attached hydrogens (tertiary/aromatic N) is 1. The molecule has 0 radical (unpaired) electrons. The van der Waals surface area contributed by atoms with Gasteiger partial charge in [-0.3, -0.25) is 0 Å². The monoisotopic (exact) mass is 345 g/mol. The summed E-state index contributed by atoms with van der Waals surface area (Å²) in [4.78, 5) is 2.17. The molecule has 0 aliphatic carbocycles. The molecule has 22 heavy (non-hydrogen) atoms. The molecule has 0 spiro atoms. The fourth-order valence-electron chi connectivity index (χ4n) is 2.78. The first kappa shape index (κ1) is 19.8. The van der Waals surface area contributed by atoms with E-state index in [9.17, 15) is 5.11 Å². The first-order chi connectivity index (χ1) is 10.4. The summed E-state index contributed by atoms with van der Waals surface area (Å²) in [7, 11) is 4.14. The van der Waals surface area contributed by atoms with Crippen LogP contribution in [0.1, 0.15) is 44.6 Å². The Morgan fingerprint density at radius 1 is 1.09 bits per heavy atom. The Kier molecular flexibility index (Phi) is 9.42. The Morgan fingerprint density at radius 2 is 1.82 bits per heavy atom. The molecule has 1 aromatic carbocycles. The second-order valence-corrected chi connectivity index (χ2v) is 7.19. The van der Waals surface area contributed by atoms with Crippen molar-refractivity contribution in [3.63, 3.8) is 0 Å². The molecule has 0 bridgehead atoms.